The minimum absolute atomic E-state index is 0.0441. The number of amides is 1. The van der Waals surface area contributed by atoms with Crippen LogP contribution in [0.15, 0.2) is 11.1 Å². The zero-order chi connectivity index (χ0) is 20.0. The fourth-order valence-electron chi connectivity index (χ4n) is 3.44. The molecule has 0 saturated carbocycles. The molecule has 2 rings (SSSR count). The molecule has 1 aromatic rings. The van der Waals surface area contributed by atoms with Gasteiger partial charge in [-0.05, 0) is 45.8 Å². The highest BCUT2D eigenvalue weighted by atomic mass is 32.2. The number of aromatic nitrogens is 2. The second kappa shape index (κ2) is 9.66. The Hall–Kier alpha value is -1.45. The largest absolute Gasteiger partial charge is 0.356 e. The number of carbonyl (C=O) groups excluding carboxylic acids is 1. The van der Waals surface area contributed by atoms with Gasteiger partial charge in [-0.2, -0.15) is 9.40 Å². The SMILES string of the molecule is CCN(CC)CCCNC(=O)[C@@H]1CCCN(S(=O)(=O)c2cnn(C)c2C)C1. The van der Waals surface area contributed by atoms with E-state index in [9.17, 15) is 13.2 Å². The monoisotopic (exact) mass is 399 g/mol. The molecule has 8 nitrogen and oxygen atoms in total. The Morgan fingerprint density at radius 1 is 1.37 bits per heavy atom. The van der Waals surface area contributed by atoms with E-state index in [0.29, 0.717) is 25.2 Å². The molecule has 1 aliphatic heterocycles. The number of hydrogen-bond acceptors (Lipinski definition) is 5. The first kappa shape index (κ1) is 21.8. The summed E-state index contributed by atoms with van der Waals surface area (Å²) in [7, 11) is -1.90. The minimum atomic E-state index is -3.62. The molecule has 0 aliphatic carbocycles. The normalized spacial score (nSPS) is 18.8. The maximum atomic E-state index is 12.9. The number of carbonyl (C=O) groups is 1. The van der Waals surface area contributed by atoms with Crippen LogP contribution in [0.4, 0.5) is 0 Å². The number of nitrogens with zero attached hydrogens (tertiary/aromatic N) is 4. The van der Waals surface area contributed by atoms with Crippen molar-refractivity contribution < 1.29 is 13.2 Å². The van der Waals surface area contributed by atoms with Crippen molar-refractivity contribution in [1.29, 1.82) is 0 Å². The summed E-state index contributed by atoms with van der Waals surface area (Å²) >= 11 is 0. The highest BCUT2D eigenvalue weighted by Gasteiger charge is 2.34. The average Bonchev–Trinajstić information content (AvgIpc) is 3.01. The van der Waals surface area contributed by atoms with Crippen molar-refractivity contribution in [3.05, 3.63) is 11.9 Å². The van der Waals surface area contributed by atoms with Crippen LogP contribution in [0.2, 0.25) is 0 Å². The summed E-state index contributed by atoms with van der Waals surface area (Å²) < 4.78 is 28.8. The van der Waals surface area contributed by atoms with E-state index in [1.807, 2.05) is 0 Å². The summed E-state index contributed by atoms with van der Waals surface area (Å²) in [5.41, 5.74) is 0.609. The number of aryl methyl sites for hydroxylation is 1. The van der Waals surface area contributed by atoms with Gasteiger partial charge in [0.1, 0.15) is 4.90 Å². The van der Waals surface area contributed by atoms with Crippen LogP contribution in [0.3, 0.4) is 0 Å². The molecular weight excluding hydrogens is 366 g/mol. The highest BCUT2D eigenvalue weighted by Crippen LogP contribution is 2.25. The van der Waals surface area contributed by atoms with Gasteiger partial charge in [0.15, 0.2) is 0 Å². The smallest absolute Gasteiger partial charge is 0.246 e. The zero-order valence-electron chi connectivity index (χ0n) is 16.9. The van der Waals surface area contributed by atoms with Crippen molar-refractivity contribution in [2.45, 2.75) is 44.9 Å². The van der Waals surface area contributed by atoms with Crippen molar-refractivity contribution in [2.24, 2.45) is 13.0 Å². The molecule has 9 heteroatoms. The molecule has 1 N–H and O–H groups in total. The summed E-state index contributed by atoms with van der Waals surface area (Å²) in [6.07, 6.45) is 3.70. The fraction of sp³-hybridized carbons (Fsp3) is 0.778. The third-order valence-corrected chi connectivity index (χ3v) is 7.38. The van der Waals surface area contributed by atoms with Crippen molar-refractivity contribution in [3.8, 4) is 0 Å². The lowest BCUT2D eigenvalue weighted by atomic mass is 9.99. The molecule has 1 atom stereocenters. The third-order valence-electron chi connectivity index (χ3n) is 5.41. The van der Waals surface area contributed by atoms with Crippen molar-refractivity contribution in [1.82, 2.24) is 24.3 Å². The first-order valence-corrected chi connectivity index (χ1v) is 11.2. The standard InChI is InChI=1S/C18H33N5O3S/c1-5-22(6-2)11-8-10-19-18(24)16-9-7-12-23(14-16)27(25,26)17-13-20-21(4)15(17)3/h13,16H,5-12,14H2,1-4H3,(H,19,24)/t16-/m1/s1. The van der Waals surface area contributed by atoms with Crippen LogP contribution < -0.4 is 5.32 Å². The maximum absolute atomic E-state index is 12.9. The Labute approximate surface area is 162 Å². The molecule has 1 amide bonds. The van der Waals surface area contributed by atoms with E-state index < -0.39 is 10.0 Å². The fourth-order valence-corrected chi connectivity index (χ4v) is 5.15. The van der Waals surface area contributed by atoms with Crippen molar-refractivity contribution in [3.63, 3.8) is 0 Å². The molecule has 1 saturated heterocycles. The Kier molecular flexibility index (Phi) is 7.81. The molecule has 27 heavy (non-hydrogen) atoms. The number of sulfonamides is 1. The van der Waals surface area contributed by atoms with Crippen LogP contribution in [-0.2, 0) is 21.9 Å². The average molecular weight is 400 g/mol. The van der Waals surface area contributed by atoms with E-state index in [1.54, 1.807) is 18.7 Å². The summed E-state index contributed by atoms with van der Waals surface area (Å²) in [5.74, 6) is -0.337. The first-order chi connectivity index (χ1) is 12.8. The van der Waals surface area contributed by atoms with Gasteiger partial charge in [-0.1, -0.05) is 13.8 Å². The van der Waals surface area contributed by atoms with E-state index >= 15 is 0 Å². The van der Waals surface area contributed by atoms with Gasteiger partial charge in [0.25, 0.3) is 0 Å². The molecule has 0 bridgehead atoms. The summed E-state index contributed by atoms with van der Waals surface area (Å²) in [6.45, 7) is 10.3. The van der Waals surface area contributed by atoms with Crippen LogP contribution in [0.5, 0.6) is 0 Å². The summed E-state index contributed by atoms with van der Waals surface area (Å²) in [4.78, 5) is 15.0. The molecule has 1 aromatic heterocycles. The van der Waals surface area contributed by atoms with Crippen LogP contribution >= 0.6 is 0 Å². The predicted molar refractivity (Wildman–Crippen MR) is 105 cm³/mol. The Morgan fingerprint density at radius 2 is 2.07 bits per heavy atom. The molecule has 0 aromatic carbocycles. The van der Waals surface area contributed by atoms with E-state index in [2.05, 4.69) is 29.2 Å². The van der Waals surface area contributed by atoms with E-state index in [1.165, 1.54) is 10.5 Å². The van der Waals surface area contributed by atoms with Crippen LogP contribution in [0.1, 0.15) is 38.8 Å². The van der Waals surface area contributed by atoms with Crippen LogP contribution in [-0.4, -0.2) is 72.6 Å². The minimum Gasteiger partial charge on any atom is -0.356 e. The van der Waals surface area contributed by atoms with Gasteiger partial charge in [-0.3, -0.25) is 9.48 Å². The van der Waals surface area contributed by atoms with E-state index in [-0.39, 0.29) is 23.3 Å². The molecule has 1 aliphatic rings. The Balaban J connectivity index is 1.91. The van der Waals surface area contributed by atoms with Gasteiger partial charge < -0.3 is 10.2 Å². The quantitative estimate of drug-likeness (QED) is 0.626. The molecule has 0 spiro atoms. The molecule has 0 radical (unpaired) electrons. The molecule has 1 fully saturated rings. The van der Waals surface area contributed by atoms with Crippen molar-refractivity contribution >= 4 is 15.9 Å². The van der Waals surface area contributed by atoms with Crippen LogP contribution in [0, 0.1) is 12.8 Å². The Bertz CT molecular complexity index is 727. The van der Waals surface area contributed by atoms with Crippen molar-refractivity contribution in [2.75, 3.05) is 39.3 Å². The maximum Gasteiger partial charge on any atom is 0.246 e. The molecule has 0 unspecified atom stereocenters. The molecular formula is C18H33N5O3S. The number of hydrogen-bond donors (Lipinski definition) is 1. The second-order valence-corrected chi connectivity index (χ2v) is 9.00. The topological polar surface area (TPSA) is 87.5 Å². The van der Waals surface area contributed by atoms with Crippen LogP contribution in [0.25, 0.3) is 0 Å². The summed E-state index contributed by atoms with van der Waals surface area (Å²) in [5, 5.41) is 7.02. The number of nitrogens with one attached hydrogen (secondary N) is 1. The second-order valence-electron chi connectivity index (χ2n) is 7.09. The number of rotatable bonds is 9. The lowest BCUT2D eigenvalue weighted by molar-refractivity contribution is -0.126. The van der Waals surface area contributed by atoms with Gasteiger partial charge >= 0.3 is 0 Å². The lowest BCUT2D eigenvalue weighted by Crippen LogP contribution is -2.45. The molecule has 2 heterocycles. The summed E-state index contributed by atoms with van der Waals surface area (Å²) in [6, 6.07) is 0. The number of piperidine rings is 1. The molecule has 154 valence electrons. The van der Waals surface area contributed by atoms with Gasteiger partial charge in [0, 0.05) is 26.7 Å². The van der Waals surface area contributed by atoms with E-state index in [4.69, 9.17) is 0 Å². The third kappa shape index (κ3) is 5.30. The van der Waals surface area contributed by atoms with Gasteiger partial charge in [0.05, 0.1) is 17.8 Å². The zero-order valence-corrected chi connectivity index (χ0v) is 17.8. The van der Waals surface area contributed by atoms with E-state index in [0.717, 1.165) is 32.5 Å². The predicted octanol–water partition coefficient (Wildman–Crippen LogP) is 0.977. The first-order valence-electron chi connectivity index (χ1n) is 9.80. The van der Waals surface area contributed by atoms with Gasteiger partial charge in [0.2, 0.25) is 15.9 Å². The Morgan fingerprint density at radius 3 is 2.67 bits per heavy atom. The van der Waals surface area contributed by atoms with Gasteiger partial charge in [-0.15, -0.1) is 0 Å². The lowest BCUT2D eigenvalue weighted by Gasteiger charge is -2.31. The van der Waals surface area contributed by atoms with Gasteiger partial charge in [-0.25, -0.2) is 8.42 Å². The highest BCUT2D eigenvalue weighted by molar-refractivity contribution is 7.89.